The topological polar surface area (TPSA) is 55.7 Å². The van der Waals surface area contributed by atoms with Crippen LogP contribution in [-0.4, -0.2) is 26.9 Å². The number of aromatic amines is 1. The fraction of sp³-hybridized carbons (Fsp3) is 0.294. The monoisotopic (exact) mass is 296 g/mol. The number of aromatic nitrogens is 4. The lowest BCUT2D eigenvalue weighted by molar-refractivity contribution is 0.403. The Morgan fingerprint density at radius 1 is 1.32 bits per heavy atom. The van der Waals surface area contributed by atoms with Crippen molar-refractivity contribution in [2.45, 2.75) is 19.3 Å². The number of H-pyrrole nitrogens is 1. The zero-order valence-electron chi connectivity index (χ0n) is 13.1. The number of nitrogens with zero attached hydrogens (tertiary/aromatic N) is 3. The van der Waals surface area contributed by atoms with E-state index in [1.54, 1.807) is 13.4 Å². The van der Waals surface area contributed by atoms with Gasteiger partial charge in [-0.25, -0.2) is 4.98 Å². The third-order valence-electron chi connectivity index (χ3n) is 4.05. The Morgan fingerprint density at radius 3 is 2.82 bits per heavy atom. The summed E-state index contributed by atoms with van der Waals surface area (Å²) in [7, 11) is 3.69. The normalized spacial score (nSPS) is 12.3. The van der Waals surface area contributed by atoms with E-state index in [1.807, 2.05) is 30.2 Å². The predicted molar refractivity (Wildman–Crippen MR) is 85.1 cm³/mol. The van der Waals surface area contributed by atoms with Gasteiger partial charge in [0.2, 0.25) is 0 Å². The molecule has 3 aromatic rings. The zero-order chi connectivity index (χ0) is 15.5. The number of rotatable bonds is 5. The molecule has 0 fully saturated rings. The van der Waals surface area contributed by atoms with E-state index in [9.17, 15) is 0 Å². The third kappa shape index (κ3) is 2.62. The second kappa shape index (κ2) is 6.05. The Kier molecular flexibility index (Phi) is 3.96. The number of hydrogen-bond donors (Lipinski definition) is 1. The SMILES string of the molecule is COc1c(C)cccc1[C@H](Cc1ccnn1C)c1cnc[nH]1. The van der Waals surface area contributed by atoms with Crippen LogP contribution in [0.3, 0.4) is 0 Å². The lowest BCUT2D eigenvalue weighted by atomic mass is 9.89. The number of imidazole rings is 1. The smallest absolute Gasteiger partial charge is 0.125 e. The second-order valence-electron chi connectivity index (χ2n) is 5.41. The molecule has 3 rings (SSSR count). The van der Waals surface area contributed by atoms with Crippen LogP contribution in [0.1, 0.15) is 28.4 Å². The van der Waals surface area contributed by atoms with E-state index < -0.39 is 0 Å². The predicted octanol–water partition coefficient (Wildman–Crippen LogP) is 2.83. The highest BCUT2D eigenvalue weighted by Gasteiger charge is 2.22. The van der Waals surface area contributed by atoms with Crippen molar-refractivity contribution in [3.05, 3.63) is 65.5 Å². The van der Waals surface area contributed by atoms with Gasteiger partial charge in [-0.3, -0.25) is 4.68 Å². The van der Waals surface area contributed by atoms with Crippen molar-refractivity contribution in [1.29, 1.82) is 0 Å². The Labute approximate surface area is 130 Å². The van der Waals surface area contributed by atoms with E-state index in [2.05, 4.69) is 40.2 Å². The fourth-order valence-electron chi connectivity index (χ4n) is 2.88. The zero-order valence-corrected chi connectivity index (χ0v) is 13.1. The van der Waals surface area contributed by atoms with E-state index in [4.69, 9.17) is 4.74 Å². The first kappa shape index (κ1) is 14.4. The van der Waals surface area contributed by atoms with E-state index in [0.29, 0.717) is 0 Å². The summed E-state index contributed by atoms with van der Waals surface area (Å²) >= 11 is 0. The minimum Gasteiger partial charge on any atom is -0.496 e. The largest absolute Gasteiger partial charge is 0.496 e. The van der Waals surface area contributed by atoms with Crippen LogP contribution in [0.25, 0.3) is 0 Å². The maximum atomic E-state index is 5.65. The Balaban J connectivity index is 2.07. The molecule has 0 bridgehead atoms. The summed E-state index contributed by atoms with van der Waals surface area (Å²) in [4.78, 5) is 7.42. The number of benzene rings is 1. The third-order valence-corrected chi connectivity index (χ3v) is 4.05. The summed E-state index contributed by atoms with van der Waals surface area (Å²) < 4.78 is 7.56. The van der Waals surface area contributed by atoms with Crippen LogP contribution in [0.4, 0.5) is 0 Å². The van der Waals surface area contributed by atoms with Gasteiger partial charge in [-0.1, -0.05) is 18.2 Å². The van der Waals surface area contributed by atoms with Gasteiger partial charge >= 0.3 is 0 Å². The molecule has 1 atom stereocenters. The summed E-state index contributed by atoms with van der Waals surface area (Å²) in [5, 5.41) is 4.26. The molecule has 0 aliphatic heterocycles. The van der Waals surface area contributed by atoms with Crippen LogP contribution in [0, 0.1) is 6.92 Å². The lowest BCUT2D eigenvalue weighted by Gasteiger charge is -2.20. The Hall–Kier alpha value is -2.56. The number of aryl methyl sites for hydroxylation is 2. The molecule has 0 saturated heterocycles. The van der Waals surface area contributed by atoms with Crippen LogP contribution in [0.2, 0.25) is 0 Å². The number of ether oxygens (including phenoxy) is 1. The van der Waals surface area contributed by atoms with Crippen molar-refractivity contribution < 1.29 is 4.74 Å². The van der Waals surface area contributed by atoms with Crippen molar-refractivity contribution in [3.63, 3.8) is 0 Å². The maximum Gasteiger partial charge on any atom is 0.125 e. The number of hydrogen-bond acceptors (Lipinski definition) is 3. The first-order valence-corrected chi connectivity index (χ1v) is 7.29. The van der Waals surface area contributed by atoms with Crippen molar-refractivity contribution in [2.24, 2.45) is 7.05 Å². The number of nitrogens with one attached hydrogen (secondary N) is 1. The fourth-order valence-corrected chi connectivity index (χ4v) is 2.88. The summed E-state index contributed by atoms with van der Waals surface area (Å²) in [6.45, 7) is 2.07. The molecule has 2 aromatic heterocycles. The van der Waals surface area contributed by atoms with Crippen LogP contribution in [0.5, 0.6) is 5.75 Å². The molecule has 0 amide bonds. The van der Waals surface area contributed by atoms with Crippen LogP contribution >= 0.6 is 0 Å². The average Bonchev–Trinajstić information content (AvgIpc) is 3.16. The highest BCUT2D eigenvalue weighted by Crippen LogP contribution is 2.35. The number of methoxy groups -OCH3 is 1. The highest BCUT2D eigenvalue weighted by atomic mass is 16.5. The quantitative estimate of drug-likeness (QED) is 0.787. The summed E-state index contributed by atoms with van der Waals surface area (Å²) in [5.41, 5.74) is 4.54. The van der Waals surface area contributed by atoms with Gasteiger partial charge in [-0.2, -0.15) is 5.10 Å². The van der Waals surface area contributed by atoms with Gasteiger partial charge in [0.1, 0.15) is 5.75 Å². The van der Waals surface area contributed by atoms with E-state index >= 15 is 0 Å². The molecule has 0 aliphatic carbocycles. The molecule has 0 unspecified atom stereocenters. The molecule has 1 N–H and O–H groups in total. The van der Waals surface area contributed by atoms with Crippen molar-refractivity contribution in [3.8, 4) is 5.75 Å². The van der Waals surface area contributed by atoms with Gasteiger partial charge in [0, 0.05) is 48.7 Å². The first-order valence-electron chi connectivity index (χ1n) is 7.29. The summed E-state index contributed by atoms with van der Waals surface area (Å²) in [6.07, 6.45) is 6.25. The minimum absolute atomic E-state index is 0.146. The number of para-hydroxylation sites is 1. The van der Waals surface area contributed by atoms with E-state index in [0.717, 1.165) is 29.0 Å². The molecule has 1 aromatic carbocycles. The molecular weight excluding hydrogens is 276 g/mol. The molecule has 0 aliphatic rings. The highest BCUT2D eigenvalue weighted by molar-refractivity contribution is 5.46. The van der Waals surface area contributed by atoms with Gasteiger partial charge in [-0.05, 0) is 18.6 Å². The molecule has 5 nitrogen and oxygen atoms in total. The van der Waals surface area contributed by atoms with Crippen LogP contribution in [0.15, 0.2) is 43.0 Å². The summed E-state index contributed by atoms with van der Waals surface area (Å²) in [6, 6.07) is 8.30. The molecule has 114 valence electrons. The van der Waals surface area contributed by atoms with E-state index in [-0.39, 0.29) is 5.92 Å². The van der Waals surface area contributed by atoms with Gasteiger partial charge in [0.15, 0.2) is 0 Å². The summed E-state index contributed by atoms with van der Waals surface area (Å²) in [5.74, 6) is 1.08. The van der Waals surface area contributed by atoms with Crippen LogP contribution < -0.4 is 4.74 Å². The molecular formula is C17H20N4O. The maximum absolute atomic E-state index is 5.65. The molecule has 0 saturated carbocycles. The first-order chi connectivity index (χ1) is 10.7. The molecule has 5 heteroatoms. The standard InChI is InChI=1S/C17H20N4O/c1-12-5-4-6-14(17(12)22-3)15(16-10-18-11-19-16)9-13-7-8-20-21(13)2/h4-8,10-11,15H,9H2,1-3H3,(H,18,19)/t15-/m0/s1. The second-order valence-corrected chi connectivity index (χ2v) is 5.41. The minimum atomic E-state index is 0.146. The van der Waals surface area contributed by atoms with Gasteiger partial charge in [0.25, 0.3) is 0 Å². The van der Waals surface area contributed by atoms with Gasteiger partial charge in [0.05, 0.1) is 13.4 Å². The van der Waals surface area contributed by atoms with Gasteiger partial charge < -0.3 is 9.72 Å². The van der Waals surface area contributed by atoms with Crippen molar-refractivity contribution in [2.75, 3.05) is 7.11 Å². The van der Waals surface area contributed by atoms with E-state index in [1.165, 1.54) is 5.69 Å². The molecule has 0 spiro atoms. The Bertz CT molecular complexity index is 746. The van der Waals surface area contributed by atoms with Crippen molar-refractivity contribution >= 4 is 0 Å². The van der Waals surface area contributed by atoms with Crippen LogP contribution in [-0.2, 0) is 13.5 Å². The average molecular weight is 296 g/mol. The lowest BCUT2D eigenvalue weighted by Crippen LogP contribution is -2.11. The molecule has 2 heterocycles. The molecule has 0 radical (unpaired) electrons. The van der Waals surface area contributed by atoms with Crippen molar-refractivity contribution in [1.82, 2.24) is 19.7 Å². The molecule has 22 heavy (non-hydrogen) atoms. The van der Waals surface area contributed by atoms with Gasteiger partial charge in [-0.15, -0.1) is 0 Å². The Morgan fingerprint density at radius 2 is 2.18 bits per heavy atom.